The van der Waals surface area contributed by atoms with Gasteiger partial charge < -0.3 is 10.2 Å². The van der Waals surface area contributed by atoms with Crippen molar-refractivity contribution in [2.45, 2.75) is 20.0 Å². The number of nitriles is 1. The second kappa shape index (κ2) is 6.28. The zero-order chi connectivity index (χ0) is 15.3. The van der Waals surface area contributed by atoms with Crippen molar-refractivity contribution < 1.29 is 18.0 Å². The number of urea groups is 1. The molecule has 7 heteroatoms. The van der Waals surface area contributed by atoms with Gasteiger partial charge in [0.05, 0.1) is 16.8 Å². The van der Waals surface area contributed by atoms with Gasteiger partial charge in [0.25, 0.3) is 0 Å². The number of amides is 2. The monoisotopic (exact) mass is 285 g/mol. The van der Waals surface area contributed by atoms with Gasteiger partial charge in [0.15, 0.2) is 0 Å². The Hall–Kier alpha value is -2.23. The van der Waals surface area contributed by atoms with Gasteiger partial charge in [0.1, 0.15) is 6.07 Å². The zero-order valence-corrected chi connectivity index (χ0v) is 11.1. The first-order valence-electron chi connectivity index (χ1n) is 6.00. The molecule has 20 heavy (non-hydrogen) atoms. The Morgan fingerprint density at radius 2 is 1.95 bits per heavy atom. The van der Waals surface area contributed by atoms with E-state index in [4.69, 9.17) is 5.26 Å². The van der Waals surface area contributed by atoms with Crippen molar-refractivity contribution in [3.63, 3.8) is 0 Å². The second-order valence-electron chi connectivity index (χ2n) is 3.97. The number of hydrogen-bond acceptors (Lipinski definition) is 2. The first kappa shape index (κ1) is 15.8. The Morgan fingerprint density at radius 1 is 1.35 bits per heavy atom. The molecule has 0 saturated heterocycles. The lowest BCUT2D eigenvalue weighted by atomic mass is 10.1. The summed E-state index contributed by atoms with van der Waals surface area (Å²) in [6, 6.07) is 3.84. The van der Waals surface area contributed by atoms with Crippen molar-refractivity contribution in [3.8, 4) is 6.07 Å². The number of anilines is 1. The molecular formula is C13H14F3N3O. The minimum atomic E-state index is -4.52. The van der Waals surface area contributed by atoms with E-state index in [-0.39, 0.29) is 11.3 Å². The topological polar surface area (TPSA) is 56.1 Å². The third-order valence-corrected chi connectivity index (χ3v) is 2.76. The molecule has 0 atom stereocenters. The molecule has 0 heterocycles. The molecule has 0 aliphatic heterocycles. The van der Waals surface area contributed by atoms with E-state index in [1.165, 1.54) is 4.90 Å². The van der Waals surface area contributed by atoms with Gasteiger partial charge in [-0.1, -0.05) is 0 Å². The van der Waals surface area contributed by atoms with Crippen molar-refractivity contribution in [3.05, 3.63) is 29.3 Å². The molecule has 0 aliphatic carbocycles. The molecular weight excluding hydrogens is 271 g/mol. The fraction of sp³-hybridized carbons (Fsp3) is 0.385. The predicted octanol–water partition coefficient (Wildman–Crippen LogP) is 3.45. The van der Waals surface area contributed by atoms with Gasteiger partial charge in [-0.15, -0.1) is 0 Å². The molecule has 1 N–H and O–H groups in total. The summed E-state index contributed by atoms with van der Waals surface area (Å²) >= 11 is 0. The van der Waals surface area contributed by atoms with Crippen LogP contribution in [-0.2, 0) is 6.18 Å². The van der Waals surface area contributed by atoms with Crippen molar-refractivity contribution in [2.24, 2.45) is 0 Å². The number of carbonyl (C=O) groups is 1. The quantitative estimate of drug-likeness (QED) is 0.924. The number of nitrogens with zero attached hydrogens (tertiary/aromatic N) is 2. The van der Waals surface area contributed by atoms with E-state index in [0.717, 1.165) is 18.2 Å². The highest BCUT2D eigenvalue weighted by atomic mass is 19.4. The summed E-state index contributed by atoms with van der Waals surface area (Å²) in [5, 5.41) is 11.3. The van der Waals surface area contributed by atoms with Crippen LogP contribution in [0, 0.1) is 11.3 Å². The number of alkyl halides is 3. The highest BCUT2D eigenvalue weighted by molar-refractivity contribution is 5.90. The number of rotatable bonds is 3. The summed E-state index contributed by atoms with van der Waals surface area (Å²) in [5.74, 6) is 0. The molecule has 0 unspecified atom stereocenters. The Kier molecular flexibility index (Phi) is 4.97. The first-order chi connectivity index (χ1) is 9.33. The molecule has 0 radical (unpaired) electrons. The van der Waals surface area contributed by atoms with Gasteiger partial charge in [-0.3, -0.25) is 0 Å². The van der Waals surface area contributed by atoms with Crippen LogP contribution in [0.4, 0.5) is 23.7 Å². The lowest BCUT2D eigenvalue weighted by molar-refractivity contribution is -0.137. The Balaban J connectivity index is 3.03. The van der Waals surface area contributed by atoms with Crippen LogP contribution in [0.3, 0.4) is 0 Å². The van der Waals surface area contributed by atoms with Crippen molar-refractivity contribution >= 4 is 11.7 Å². The molecule has 0 aromatic heterocycles. The van der Waals surface area contributed by atoms with Crippen LogP contribution < -0.4 is 5.32 Å². The van der Waals surface area contributed by atoms with Gasteiger partial charge in [0, 0.05) is 13.1 Å². The van der Waals surface area contributed by atoms with Crippen LogP contribution >= 0.6 is 0 Å². The van der Waals surface area contributed by atoms with Gasteiger partial charge in [-0.2, -0.15) is 18.4 Å². The van der Waals surface area contributed by atoms with E-state index in [2.05, 4.69) is 5.32 Å². The molecule has 0 saturated carbocycles. The van der Waals surface area contributed by atoms with E-state index in [1.807, 2.05) is 0 Å². The van der Waals surface area contributed by atoms with Crippen LogP contribution in [0.2, 0.25) is 0 Å². The molecule has 0 aliphatic rings. The average molecular weight is 285 g/mol. The van der Waals surface area contributed by atoms with Crippen LogP contribution in [-0.4, -0.2) is 24.0 Å². The second-order valence-corrected chi connectivity index (χ2v) is 3.97. The smallest absolute Gasteiger partial charge is 0.325 e. The number of carbonyl (C=O) groups excluding carboxylic acids is 1. The standard InChI is InChI=1S/C13H14F3N3O/c1-3-19(4-2)12(20)18-11-6-5-10(13(14,15)16)7-9(11)8-17/h5-7H,3-4H2,1-2H3,(H,18,20). The van der Waals surface area contributed by atoms with E-state index < -0.39 is 17.8 Å². The van der Waals surface area contributed by atoms with Gasteiger partial charge >= 0.3 is 12.2 Å². The minimum absolute atomic E-state index is 0.0670. The molecule has 0 fully saturated rings. The highest BCUT2D eigenvalue weighted by Crippen LogP contribution is 2.31. The maximum atomic E-state index is 12.5. The molecule has 4 nitrogen and oxygen atoms in total. The normalized spacial score (nSPS) is 10.8. The lowest BCUT2D eigenvalue weighted by Gasteiger charge is -2.20. The molecule has 108 valence electrons. The Labute approximate surface area is 114 Å². The number of halogens is 3. The fourth-order valence-electron chi connectivity index (χ4n) is 1.63. The third-order valence-electron chi connectivity index (χ3n) is 2.76. The minimum Gasteiger partial charge on any atom is -0.325 e. The maximum Gasteiger partial charge on any atom is 0.416 e. The largest absolute Gasteiger partial charge is 0.416 e. The van der Waals surface area contributed by atoms with Crippen molar-refractivity contribution in [2.75, 3.05) is 18.4 Å². The maximum absolute atomic E-state index is 12.5. The van der Waals surface area contributed by atoms with Crippen LogP contribution in [0.1, 0.15) is 25.0 Å². The van der Waals surface area contributed by atoms with Gasteiger partial charge in [-0.25, -0.2) is 4.79 Å². The summed E-state index contributed by atoms with van der Waals surface area (Å²) < 4.78 is 37.6. The lowest BCUT2D eigenvalue weighted by Crippen LogP contribution is -2.34. The molecule has 1 rings (SSSR count). The van der Waals surface area contributed by atoms with E-state index in [0.29, 0.717) is 13.1 Å². The predicted molar refractivity (Wildman–Crippen MR) is 68.1 cm³/mol. The summed E-state index contributed by atoms with van der Waals surface area (Å²) in [5.41, 5.74) is -1.08. The third kappa shape index (κ3) is 3.63. The molecule has 1 aromatic rings. The van der Waals surface area contributed by atoms with Gasteiger partial charge in [0.2, 0.25) is 0 Å². The van der Waals surface area contributed by atoms with E-state index >= 15 is 0 Å². The van der Waals surface area contributed by atoms with Crippen molar-refractivity contribution in [1.29, 1.82) is 5.26 Å². The van der Waals surface area contributed by atoms with E-state index in [1.54, 1.807) is 19.9 Å². The molecule has 1 aromatic carbocycles. The Morgan fingerprint density at radius 3 is 2.40 bits per heavy atom. The van der Waals surface area contributed by atoms with Crippen LogP contribution in [0.15, 0.2) is 18.2 Å². The number of nitrogens with one attached hydrogen (secondary N) is 1. The Bertz CT molecular complexity index is 531. The fourth-order valence-corrected chi connectivity index (χ4v) is 1.63. The SMILES string of the molecule is CCN(CC)C(=O)Nc1ccc(C(F)(F)F)cc1C#N. The highest BCUT2D eigenvalue weighted by Gasteiger charge is 2.31. The summed E-state index contributed by atoms with van der Waals surface area (Å²) in [7, 11) is 0. The van der Waals surface area contributed by atoms with Crippen LogP contribution in [0.5, 0.6) is 0 Å². The van der Waals surface area contributed by atoms with Crippen molar-refractivity contribution in [1.82, 2.24) is 4.90 Å². The number of benzene rings is 1. The first-order valence-corrected chi connectivity index (χ1v) is 6.00. The summed E-state index contributed by atoms with van der Waals surface area (Å²) in [6.07, 6.45) is -4.52. The average Bonchev–Trinajstić information content (AvgIpc) is 2.39. The zero-order valence-electron chi connectivity index (χ0n) is 11.1. The molecule has 0 bridgehead atoms. The van der Waals surface area contributed by atoms with Gasteiger partial charge in [-0.05, 0) is 32.0 Å². The van der Waals surface area contributed by atoms with E-state index in [9.17, 15) is 18.0 Å². The molecule has 0 spiro atoms. The summed E-state index contributed by atoms with van der Waals surface area (Å²) in [4.78, 5) is 13.3. The summed E-state index contributed by atoms with van der Waals surface area (Å²) in [6.45, 7) is 4.48. The molecule has 2 amide bonds. The number of hydrogen-bond donors (Lipinski definition) is 1. The van der Waals surface area contributed by atoms with Crippen LogP contribution in [0.25, 0.3) is 0 Å².